The Bertz CT molecular complexity index is 679. The minimum Gasteiger partial charge on any atom is -0.508 e. The molecular weight excluding hydrogens is 252 g/mol. The van der Waals surface area contributed by atoms with Crippen molar-refractivity contribution < 1.29 is 5.11 Å². The van der Waals surface area contributed by atoms with Gasteiger partial charge in [0, 0.05) is 19.0 Å². The lowest BCUT2D eigenvalue weighted by molar-refractivity contribution is 0.474. The van der Waals surface area contributed by atoms with E-state index in [4.69, 9.17) is 0 Å². The predicted molar refractivity (Wildman–Crippen MR) is 78.4 cm³/mol. The van der Waals surface area contributed by atoms with Crippen molar-refractivity contribution in [2.24, 2.45) is 0 Å². The van der Waals surface area contributed by atoms with E-state index in [0.717, 1.165) is 24.3 Å². The summed E-state index contributed by atoms with van der Waals surface area (Å²) >= 11 is 0. The zero-order valence-corrected chi connectivity index (χ0v) is 12.5. The van der Waals surface area contributed by atoms with Gasteiger partial charge in [0.1, 0.15) is 5.75 Å². The Hall–Kier alpha value is -1.33. The summed E-state index contributed by atoms with van der Waals surface area (Å²) in [5.41, 5.74) is 2.78. The highest BCUT2D eigenvalue weighted by atomic mass is 28.3. The largest absolute Gasteiger partial charge is 0.508 e. The zero-order valence-electron chi connectivity index (χ0n) is 10.5. The van der Waals surface area contributed by atoms with Crippen molar-refractivity contribution in [1.82, 2.24) is 0 Å². The van der Waals surface area contributed by atoms with E-state index in [9.17, 15) is 5.11 Å². The second-order valence-corrected chi connectivity index (χ2v) is 7.66. The highest BCUT2D eigenvalue weighted by molar-refractivity contribution is 6.66. The Morgan fingerprint density at radius 3 is 2.67 bits per heavy atom. The summed E-state index contributed by atoms with van der Waals surface area (Å²) in [5, 5.41) is 12.1. The lowest BCUT2D eigenvalue weighted by Crippen LogP contribution is -2.32. The molecule has 0 saturated carbocycles. The highest BCUT2D eigenvalue weighted by Gasteiger charge is 2.34. The second kappa shape index (κ2) is 4.10. The number of aromatic hydroxyl groups is 1. The smallest absolute Gasteiger partial charge is 0.116 e. The number of allylic oxidation sites excluding steroid dienone is 4. The molecule has 1 aromatic rings. The molecule has 0 aliphatic heterocycles. The van der Waals surface area contributed by atoms with Crippen molar-refractivity contribution in [2.45, 2.75) is 17.8 Å². The van der Waals surface area contributed by atoms with Crippen molar-refractivity contribution in [3.8, 4) is 5.75 Å². The van der Waals surface area contributed by atoms with Gasteiger partial charge in [-0.05, 0) is 44.5 Å². The number of hydrogen-bond acceptors (Lipinski definition) is 1. The molecule has 2 aliphatic rings. The SMILES string of the molecule is C[Si]C1([Si]C)C=CC=C2C=c3cc(O)ccc3=C21. The fourth-order valence-electron chi connectivity index (χ4n) is 2.79. The third kappa shape index (κ3) is 1.51. The van der Waals surface area contributed by atoms with Crippen LogP contribution >= 0.6 is 0 Å². The van der Waals surface area contributed by atoms with Gasteiger partial charge in [-0.1, -0.05) is 37.4 Å². The molecule has 0 heterocycles. The summed E-state index contributed by atoms with van der Waals surface area (Å²) in [6, 6.07) is 5.72. The molecule has 4 radical (unpaired) electrons. The van der Waals surface area contributed by atoms with Gasteiger partial charge in [-0.15, -0.1) is 0 Å². The summed E-state index contributed by atoms with van der Waals surface area (Å²) in [7, 11) is 1.73. The predicted octanol–water partition coefficient (Wildman–Crippen LogP) is 1.45. The summed E-state index contributed by atoms with van der Waals surface area (Å²) < 4.78 is 0.211. The average molecular weight is 266 g/mol. The number of rotatable bonds is 2. The second-order valence-electron chi connectivity index (χ2n) is 4.58. The summed E-state index contributed by atoms with van der Waals surface area (Å²) in [5.74, 6) is 0.348. The van der Waals surface area contributed by atoms with Crippen molar-refractivity contribution >= 4 is 30.7 Å². The van der Waals surface area contributed by atoms with Crippen LogP contribution in [0.3, 0.4) is 0 Å². The maximum atomic E-state index is 9.61. The quantitative estimate of drug-likeness (QED) is 0.804. The van der Waals surface area contributed by atoms with Gasteiger partial charge in [0.05, 0.1) is 0 Å². The molecule has 0 atom stereocenters. The number of phenolic OH excluding ortho intramolecular Hbond substituents is 1. The van der Waals surface area contributed by atoms with Crippen LogP contribution in [-0.2, 0) is 0 Å². The Kier molecular flexibility index (Phi) is 2.68. The molecule has 1 N–H and O–H groups in total. The van der Waals surface area contributed by atoms with Crippen molar-refractivity contribution in [1.29, 1.82) is 0 Å². The van der Waals surface area contributed by atoms with Crippen LogP contribution in [0.2, 0.25) is 17.8 Å². The van der Waals surface area contributed by atoms with E-state index >= 15 is 0 Å². The van der Waals surface area contributed by atoms with Crippen LogP contribution < -0.4 is 10.4 Å². The van der Waals surface area contributed by atoms with Crippen LogP contribution in [0.4, 0.5) is 0 Å². The molecule has 0 bridgehead atoms. The molecule has 0 unspecified atom stereocenters. The van der Waals surface area contributed by atoms with Gasteiger partial charge < -0.3 is 5.11 Å². The number of benzene rings is 1. The van der Waals surface area contributed by atoms with Crippen LogP contribution in [0, 0.1) is 0 Å². The maximum absolute atomic E-state index is 9.61. The van der Waals surface area contributed by atoms with Gasteiger partial charge in [0.15, 0.2) is 0 Å². The monoisotopic (exact) mass is 266 g/mol. The first kappa shape index (κ1) is 11.7. The molecule has 18 heavy (non-hydrogen) atoms. The third-order valence-electron chi connectivity index (χ3n) is 3.71. The molecule has 0 saturated heterocycles. The summed E-state index contributed by atoms with van der Waals surface area (Å²) in [6.45, 7) is 4.57. The van der Waals surface area contributed by atoms with Gasteiger partial charge >= 0.3 is 0 Å². The van der Waals surface area contributed by atoms with E-state index in [0.29, 0.717) is 5.75 Å². The normalized spacial score (nSPS) is 19.0. The summed E-state index contributed by atoms with van der Waals surface area (Å²) in [6.07, 6.45) is 8.93. The molecule has 3 rings (SSSR count). The van der Waals surface area contributed by atoms with E-state index in [-0.39, 0.29) is 4.66 Å². The lowest BCUT2D eigenvalue weighted by atomic mass is 9.98. The molecule has 1 aromatic carbocycles. The molecule has 0 aromatic heterocycles. The van der Waals surface area contributed by atoms with Crippen LogP contribution in [-0.4, -0.2) is 24.1 Å². The van der Waals surface area contributed by atoms with Gasteiger partial charge in [0.25, 0.3) is 0 Å². The first-order chi connectivity index (χ1) is 8.70. The Labute approximate surface area is 112 Å². The number of phenols is 1. The average Bonchev–Trinajstić information content (AvgIpc) is 2.76. The molecular formula is C15H14OSi2. The van der Waals surface area contributed by atoms with E-state index in [1.807, 2.05) is 6.07 Å². The Morgan fingerprint density at radius 2 is 1.94 bits per heavy atom. The van der Waals surface area contributed by atoms with Gasteiger partial charge in [0.2, 0.25) is 0 Å². The van der Waals surface area contributed by atoms with Crippen molar-refractivity contribution in [2.75, 3.05) is 0 Å². The fraction of sp³-hybridized carbons (Fsp3) is 0.200. The number of fused-ring (bicyclic) bond motifs is 2. The van der Waals surface area contributed by atoms with Gasteiger partial charge in [-0.2, -0.15) is 0 Å². The molecule has 88 valence electrons. The molecule has 0 spiro atoms. The Morgan fingerprint density at radius 1 is 1.17 bits per heavy atom. The van der Waals surface area contributed by atoms with Crippen LogP contribution in [0.1, 0.15) is 0 Å². The van der Waals surface area contributed by atoms with Crippen LogP contribution in [0.25, 0.3) is 11.6 Å². The number of hydrogen-bond donors (Lipinski definition) is 1. The van der Waals surface area contributed by atoms with Crippen LogP contribution in [0.15, 0.2) is 42.0 Å². The minimum atomic E-state index is 0.211. The molecule has 0 amide bonds. The first-order valence-corrected chi connectivity index (χ1v) is 9.03. The Balaban J connectivity index is 2.38. The molecule has 1 nitrogen and oxygen atoms in total. The fourth-order valence-corrected chi connectivity index (χ4v) is 5.37. The van der Waals surface area contributed by atoms with E-state index in [2.05, 4.69) is 43.5 Å². The lowest BCUT2D eigenvalue weighted by Gasteiger charge is -2.32. The molecule has 3 heteroatoms. The molecule has 2 aliphatic carbocycles. The van der Waals surface area contributed by atoms with Crippen molar-refractivity contribution in [3.05, 3.63) is 52.4 Å². The van der Waals surface area contributed by atoms with Crippen molar-refractivity contribution in [3.63, 3.8) is 0 Å². The van der Waals surface area contributed by atoms with E-state index in [1.54, 1.807) is 6.07 Å². The maximum Gasteiger partial charge on any atom is 0.116 e. The zero-order chi connectivity index (χ0) is 12.8. The summed E-state index contributed by atoms with van der Waals surface area (Å²) in [4.78, 5) is 0. The van der Waals surface area contributed by atoms with Crippen LogP contribution in [0.5, 0.6) is 5.75 Å². The molecule has 0 fully saturated rings. The minimum absolute atomic E-state index is 0.211. The van der Waals surface area contributed by atoms with Gasteiger partial charge in [-0.25, -0.2) is 0 Å². The van der Waals surface area contributed by atoms with E-state index in [1.165, 1.54) is 16.4 Å². The standard InChI is InChI=1S/C15H14OSi2/c1-17-15(18-2)7-3-4-10-8-11-9-12(16)5-6-13(11)14(10)15/h3-9,16H,1-2H3. The topological polar surface area (TPSA) is 20.2 Å². The third-order valence-corrected chi connectivity index (χ3v) is 7.62. The van der Waals surface area contributed by atoms with Gasteiger partial charge in [-0.3, -0.25) is 0 Å². The first-order valence-electron chi connectivity index (χ1n) is 6.03. The van der Waals surface area contributed by atoms with E-state index < -0.39 is 0 Å². The highest BCUT2D eigenvalue weighted by Crippen LogP contribution is 2.44.